The summed E-state index contributed by atoms with van der Waals surface area (Å²) in [6, 6.07) is 19.1. The molecular weight excluding hydrogens is 262 g/mol. The summed E-state index contributed by atoms with van der Waals surface area (Å²) in [5.41, 5.74) is 14.6. The maximum Gasteiger partial charge on any atom is 0.119 e. The number of benzene rings is 2. The van der Waals surface area contributed by atoms with Crippen LogP contribution in [0.2, 0.25) is 0 Å². The monoisotopic (exact) mass is 283 g/mol. The molecule has 0 aliphatic carbocycles. The van der Waals surface area contributed by atoms with Gasteiger partial charge in [-0.05, 0) is 29.7 Å². The molecule has 0 aromatic heterocycles. The van der Waals surface area contributed by atoms with Crippen LogP contribution in [-0.4, -0.2) is 12.6 Å². The third kappa shape index (κ3) is 3.61. The van der Waals surface area contributed by atoms with E-state index in [-0.39, 0.29) is 0 Å². The summed E-state index contributed by atoms with van der Waals surface area (Å²) >= 11 is 0. The van der Waals surface area contributed by atoms with E-state index in [9.17, 15) is 0 Å². The Balaban J connectivity index is 1.57. The predicted molar refractivity (Wildman–Crippen MR) is 83.7 cm³/mol. The van der Waals surface area contributed by atoms with Crippen molar-refractivity contribution < 1.29 is 4.74 Å². The molecular formula is C17H21N3O. The third-order valence-corrected chi connectivity index (χ3v) is 3.80. The number of nitrogens with one attached hydrogen (secondary N) is 2. The lowest BCUT2D eigenvalue weighted by atomic mass is 10.0. The first-order valence-electron chi connectivity index (χ1n) is 7.33. The van der Waals surface area contributed by atoms with Crippen LogP contribution in [0, 0.1) is 0 Å². The molecule has 1 saturated heterocycles. The van der Waals surface area contributed by atoms with E-state index in [1.54, 1.807) is 0 Å². The highest BCUT2D eigenvalue weighted by atomic mass is 16.5. The molecule has 2 aromatic carbocycles. The highest BCUT2D eigenvalue weighted by Gasteiger charge is 2.23. The third-order valence-electron chi connectivity index (χ3n) is 3.80. The normalized spacial score (nSPS) is 21.4. The average Bonchev–Trinajstić information content (AvgIpc) is 3.03. The maximum absolute atomic E-state index is 5.80. The minimum Gasteiger partial charge on any atom is -0.489 e. The van der Waals surface area contributed by atoms with E-state index in [4.69, 9.17) is 10.5 Å². The second-order valence-electron chi connectivity index (χ2n) is 5.35. The molecule has 0 radical (unpaired) electrons. The number of rotatable bonds is 5. The molecule has 4 nitrogen and oxygen atoms in total. The molecule has 3 rings (SSSR count). The fourth-order valence-electron chi connectivity index (χ4n) is 2.53. The highest BCUT2D eigenvalue weighted by Crippen LogP contribution is 2.24. The SMILES string of the molecule is NCC1CC(c2ccc(OCc3ccccc3)cc2)NN1. The Morgan fingerprint density at radius 2 is 1.76 bits per heavy atom. The Morgan fingerprint density at radius 1 is 1.00 bits per heavy atom. The van der Waals surface area contributed by atoms with Crippen LogP contribution in [0.4, 0.5) is 0 Å². The van der Waals surface area contributed by atoms with Crippen LogP contribution < -0.4 is 21.3 Å². The van der Waals surface area contributed by atoms with Gasteiger partial charge >= 0.3 is 0 Å². The van der Waals surface area contributed by atoms with E-state index >= 15 is 0 Å². The second kappa shape index (κ2) is 6.72. The fourth-order valence-corrected chi connectivity index (χ4v) is 2.53. The first-order chi connectivity index (χ1) is 10.3. The van der Waals surface area contributed by atoms with Gasteiger partial charge in [0.1, 0.15) is 12.4 Å². The number of hydrogen-bond donors (Lipinski definition) is 3. The van der Waals surface area contributed by atoms with Crippen molar-refractivity contribution in [3.05, 3.63) is 65.7 Å². The zero-order valence-electron chi connectivity index (χ0n) is 12.0. The lowest BCUT2D eigenvalue weighted by Gasteiger charge is -2.11. The van der Waals surface area contributed by atoms with E-state index in [2.05, 4.69) is 35.1 Å². The van der Waals surface area contributed by atoms with Crippen LogP contribution in [0.15, 0.2) is 54.6 Å². The molecule has 1 aliphatic heterocycles. The lowest BCUT2D eigenvalue weighted by molar-refractivity contribution is 0.306. The van der Waals surface area contributed by atoms with Gasteiger partial charge in [-0.1, -0.05) is 42.5 Å². The molecule has 4 N–H and O–H groups in total. The van der Waals surface area contributed by atoms with Crippen molar-refractivity contribution >= 4 is 0 Å². The topological polar surface area (TPSA) is 59.3 Å². The smallest absolute Gasteiger partial charge is 0.119 e. The molecule has 1 fully saturated rings. The van der Waals surface area contributed by atoms with Crippen molar-refractivity contribution in [1.29, 1.82) is 0 Å². The van der Waals surface area contributed by atoms with Gasteiger partial charge in [-0.2, -0.15) is 0 Å². The predicted octanol–water partition coefficient (Wildman–Crippen LogP) is 2.13. The van der Waals surface area contributed by atoms with Crippen molar-refractivity contribution in [3.8, 4) is 5.75 Å². The molecule has 2 aromatic rings. The number of hydrazine groups is 1. The summed E-state index contributed by atoms with van der Waals surface area (Å²) in [6.07, 6.45) is 1.01. The van der Waals surface area contributed by atoms with Gasteiger partial charge in [-0.15, -0.1) is 0 Å². The van der Waals surface area contributed by atoms with Crippen molar-refractivity contribution in [2.24, 2.45) is 5.73 Å². The highest BCUT2D eigenvalue weighted by molar-refractivity contribution is 5.30. The molecule has 0 saturated carbocycles. The molecule has 2 atom stereocenters. The Morgan fingerprint density at radius 3 is 2.43 bits per heavy atom. The summed E-state index contributed by atoms with van der Waals surface area (Å²) in [4.78, 5) is 0. The van der Waals surface area contributed by atoms with E-state index in [1.807, 2.05) is 30.3 Å². The quantitative estimate of drug-likeness (QED) is 0.787. The molecule has 21 heavy (non-hydrogen) atoms. The van der Waals surface area contributed by atoms with Gasteiger partial charge in [0.05, 0.1) is 0 Å². The Hall–Kier alpha value is -1.88. The maximum atomic E-state index is 5.80. The van der Waals surface area contributed by atoms with Crippen molar-refractivity contribution in [3.63, 3.8) is 0 Å². The van der Waals surface area contributed by atoms with E-state index in [0.717, 1.165) is 12.2 Å². The van der Waals surface area contributed by atoms with Gasteiger partial charge < -0.3 is 10.5 Å². The Kier molecular flexibility index (Phi) is 4.50. The van der Waals surface area contributed by atoms with Gasteiger partial charge in [0.25, 0.3) is 0 Å². The minimum atomic E-state index is 0.321. The molecule has 1 aliphatic rings. The van der Waals surface area contributed by atoms with Gasteiger partial charge in [0.2, 0.25) is 0 Å². The Bertz CT molecular complexity index is 556. The minimum absolute atomic E-state index is 0.321. The van der Waals surface area contributed by atoms with Gasteiger partial charge in [0.15, 0.2) is 0 Å². The first-order valence-corrected chi connectivity index (χ1v) is 7.33. The zero-order valence-corrected chi connectivity index (χ0v) is 12.0. The summed E-state index contributed by atoms with van der Waals surface area (Å²) in [5, 5.41) is 0. The number of hydrogen-bond acceptors (Lipinski definition) is 4. The van der Waals surface area contributed by atoms with Crippen LogP contribution in [0.5, 0.6) is 5.75 Å². The number of ether oxygens (including phenoxy) is 1. The van der Waals surface area contributed by atoms with Crippen LogP contribution in [0.3, 0.4) is 0 Å². The molecule has 110 valence electrons. The largest absolute Gasteiger partial charge is 0.489 e. The van der Waals surface area contributed by atoms with Crippen molar-refractivity contribution in [1.82, 2.24) is 10.9 Å². The zero-order chi connectivity index (χ0) is 14.5. The number of nitrogens with two attached hydrogens (primary N) is 1. The Labute approximate surface area is 125 Å². The molecule has 2 unspecified atom stereocenters. The van der Waals surface area contributed by atoms with Gasteiger partial charge in [-0.3, -0.25) is 5.43 Å². The summed E-state index contributed by atoms with van der Waals surface area (Å²) < 4.78 is 5.80. The standard InChI is InChI=1S/C17H21N3O/c18-11-15-10-17(20-19-15)14-6-8-16(9-7-14)21-12-13-4-2-1-3-5-13/h1-9,15,17,19-20H,10-12,18H2. The summed E-state index contributed by atoms with van der Waals surface area (Å²) in [6.45, 7) is 1.25. The average molecular weight is 283 g/mol. The molecule has 0 bridgehead atoms. The van der Waals surface area contributed by atoms with E-state index in [0.29, 0.717) is 25.2 Å². The molecule has 0 spiro atoms. The van der Waals surface area contributed by atoms with Crippen molar-refractivity contribution in [2.45, 2.75) is 25.1 Å². The molecule has 4 heteroatoms. The van der Waals surface area contributed by atoms with E-state index < -0.39 is 0 Å². The van der Waals surface area contributed by atoms with Crippen LogP contribution in [0.1, 0.15) is 23.6 Å². The molecule has 0 amide bonds. The van der Waals surface area contributed by atoms with Crippen LogP contribution in [-0.2, 0) is 6.61 Å². The van der Waals surface area contributed by atoms with Crippen LogP contribution in [0.25, 0.3) is 0 Å². The van der Waals surface area contributed by atoms with Gasteiger partial charge in [0, 0.05) is 18.6 Å². The molecule has 1 heterocycles. The second-order valence-corrected chi connectivity index (χ2v) is 5.35. The van der Waals surface area contributed by atoms with Gasteiger partial charge in [-0.25, -0.2) is 5.43 Å². The fraction of sp³-hybridized carbons (Fsp3) is 0.294. The lowest BCUT2D eigenvalue weighted by Crippen LogP contribution is -2.35. The van der Waals surface area contributed by atoms with Crippen molar-refractivity contribution in [2.75, 3.05) is 6.54 Å². The first kappa shape index (κ1) is 14.1. The summed E-state index contributed by atoms with van der Waals surface area (Å²) in [5.74, 6) is 0.893. The summed E-state index contributed by atoms with van der Waals surface area (Å²) in [7, 11) is 0. The van der Waals surface area contributed by atoms with Crippen LogP contribution >= 0.6 is 0 Å². The van der Waals surface area contributed by atoms with E-state index in [1.165, 1.54) is 11.1 Å².